The van der Waals surface area contributed by atoms with Crippen LogP contribution in [0.2, 0.25) is 0 Å². The minimum absolute atomic E-state index is 0.0593. The Kier molecular flexibility index (Phi) is 5.34. The third-order valence-electron chi connectivity index (χ3n) is 4.19. The molecule has 0 aromatic heterocycles. The second-order valence-corrected chi connectivity index (χ2v) is 6.20. The first kappa shape index (κ1) is 18.8. The summed E-state index contributed by atoms with van der Waals surface area (Å²) in [6, 6.07) is 11.6. The van der Waals surface area contributed by atoms with Crippen LogP contribution in [0.15, 0.2) is 53.5 Å². The molecule has 1 aliphatic rings. The van der Waals surface area contributed by atoms with Gasteiger partial charge in [0.15, 0.2) is 0 Å². The summed E-state index contributed by atoms with van der Waals surface area (Å²) in [5.74, 6) is -0.468. The van der Waals surface area contributed by atoms with Crippen LogP contribution >= 0.6 is 0 Å². The molecule has 1 aliphatic heterocycles. The van der Waals surface area contributed by atoms with E-state index in [1.807, 2.05) is 12.1 Å². The van der Waals surface area contributed by atoms with Crippen molar-refractivity contribution in [2.45, 2.75) is 25.1 Å². The van der Waals surface area contributed by atoms with Crippen molar-refractivity contribution >= 4 is 17.6 Å². The number of nitrogens with zero attached hydrogens (tertiary/aromatic N) is 1. The highest BCUT2D eigenvalue weighted by Crippen LogP contribution is 2.29. The first-order chi connectivity index (χ1) is 12.8. The number of nitrogens with one attached hydrogen (secondary N) is 1. The maximum Gasteiger partial charge on any atom is 0.416 e. The predicted molar refractivity (Wildman–Crippen MR) is 95.5 cm³/mol. The van der Waals surface area contributed by atoms with E-state index in [9.17, 15) is 18.0 Å². The molecule has 0 saturated heterocycles. The van der Waals surface area contributed by atoms with Crippen molar-refractivity contribution in [2.24, 2.45) is 10.7 Å². The highest BCUT2D eigenvalue weighted by Gasteiger charge is 2.30. The molecule has 0 bridgehead atoms. The van der Waals surface area contributed by atoms with Crippen LogP contribution in [0.25, 0.3) is 0 Å². The number of benzene rings is 2. The van der Waals surface area contributed by atoms with E-state index < -0.39 is 17.6 Å². The van der Waals surface area contributed by atoms with E-state index in [0.717, 1.165) is 42.7 Å². The zero-order valence-electron chi connectivity index (χ0n) is 14.3. The standard InChI is InChI=1S/C19H18F3N3O2/c20-19(21,22)14-6-4-13(5-7-14)17(26)24-15-8-1-12(2-9-15)3-10-16-11-27-18(23)25-16/h1-2,4-9,16H,3,10-11H2,(H2,23,25)(H,24,26)/t16-/m0/s1. The van der Waals surface area contributed by atoms with E-state index >= 15 is 0 Å². The van der Waals surface area contributed by atoms with Gasteiger partial charge in [0.05, 0.1) is 11.6 Å². The number of ether oxygens (including phenoxy) is 1. The monoisotopic (exact) mass is 377 g/mol. The molecule has 142 valence electrons. The molecule has 3 N–H and O–H groups in total. The summed E-state index contributed by atoms with van der Waals surface area (Å²) in [6.45, 7) is 0.493. The Morgan fingerprint density at radius 3 is 2.37 bits per heavy atom. The van der Waals surface area contributed by atoms with Gasteiger partial charge in [0, 0.05) is 11.3 Å². The van der Waals surface area contributed by atoms with Gasteiger partial charge in [-0.3, -0.25) is 4.79 Å². The van der Waals surface area contributed by atoms with Crippen LogP contribution in [0.3, 0.4) is 0 Å². The number of alkyl halides is 3. The smallest absolute Gasteiger partial charge is 0.416 e. The lowest BCUT2D eigenvalue weighted by Gasteiger charge is -2.09. The van der Waals surface area contributed by atoms with E-state index in [1.165, 1.54) is 0 Å². The number of hydrogen-bond acceptors (Lipinski definition) is 4. The molecule has 1 amide bonds. The lowest BCUT2D eigenvalue weighted by molar-refractivity contribution is -0.137. The van der Waals surface area contributed by atoms with E-state index in [1.54, 1.807) is 12.1 Å². The summed E-state index contributed by atoms with van der Waals surface area (Å²) >= 11 is 0. The van der Waals surface area contributed by atoms with Gasteiger partial charge in [-0.2, -0.15) is 13.2 Å². The average molecular weight is 377 g/mol. The van der Waals surface area contributed by atoms with E-state index in [2.05, 4.69) is 10.3 Å². The van der Waals surface area contributed by atoms with Crippen LogP contribution in [0, 0.1) is 0 Å². The van der Waals surface area contributed by atoms with Gasteiger partial charge < -0.3 is 15.8 Å². The number of carbonyl (C=O) groups excluding carboxylic acids is 1. The molecule has 8 heteroatoms. The van der Waals surface area contributed by atoms with E-state index in [4.69, 9.17) is 10.5 Å². The fourth-order valence-corrected chi connectivity index (χ4v) is 2.69. The molecule has 0 spiro atoms. The summed E-state index contributed by atoms with van der Waals surface area (Å²) in [5.41, 5.74) is 6.47. The van der Waals surface area contributed by atoms with Gasteiger partial charge in [-0.25, -0.2) is 4.99 Å². The lowest BCUT2D eigenvalue weighted by Crippen LogP contribution is -2.13. The van der Waals surface area contributed by atoms with Crippen LogP contribution in [-0.2, 0) is 17.3 Å². The number of amides is 1. The fourth-order valence-electron chi connectivity index (χ4n) is 2.69. The van der Waals surface area contributed by atoms with Crippen molar-refractivity contribution in [3.8, 4) is 0 Å². The Labute approximate surface area is 154 Å². The van der Waals surface area contributed by atoms with Crippen molar-refractivity contribution in [1.82, 2.24) is 0 Å². The van der Waals surface area contributed by atoms with E-state index in [-0.39, 0.29) is 17.6 Å². The molecule has 2 aromatic rings. The summed E-state index contributed by atoms with van der Waals surface area (Å²) in [4.78, 5) is 16.3. The molecule has 0 unspecified atom stereocenters. The Hall–Kier alpha value is -3.03. The van der Waals surface area contributed by atoms with Gasteiger partial charge in [0.25, 0.3) is 11.9 Å². The van der Waals surface area contributed by atoms with Gasteiger partial charge in [-0.1, -0.05) is 12.1 Å². The van der Waals surface area contributed by atoms with Crippen molar-refractivity contribution in [3.63, 3.8) is 0 Å². The van der Waals surface area contributed by atoms with Crippen LogP contribution < -0.4 is 11.1 Å². The molecule has 27 heavy (non-hydrogen) atoms. The second kappa shape index (κ2) is 7.69. The number of hydrogen-bond donors (Lipinski definition) is 2. The fraction of sp³-hybridized carbons (Fsp3) is 0.263. The number of nitrogens with two attached hydrogens (primary N) is 1. The molecule has 1 atom stereocenters. The molecule has 0 radical (unpaired) electrons. The van der Waals surface area contributed by atoms with Gasteiger partial charge in [0.1, 0.15) is 6.61 Å². The molecule has 0 aliphatic carbocycles. The van der Waals surface area contributed by atoms with Crippen LogP contribution in [0.4, 0.5) is 18.9 Å². The maximum atomic E-state index is 12.6. The van der Waals surface area contributed by atoms with Crippen molar-refractivity contribution < 1.29 is 22.7 Å². The van der Waals surface area contributed by atoms with Crippen molar-refractivity contribution in [2.75, 3.05) is 11.9 Å². The summed E-state index contributed by atoms with van der Waals surface area (Å²) < 4.78 is 42.8. The summed E-state index contributed by atoms with van der Waals surface area (Å²) in [7, 11) is 0. The Morgan fingerprint density at radius 1 is 1.15 bits per heavy atom. The first-order valence-corrected chi connectivity index (χ1v) is 8.35. The molecular formula is C19H18F3N3O2. The van der Waals surface area contributed by atoms with Gasteiger partial charge in [-0.15, -0.1) is 0 Å². The molecular weight excluding hydrogens is 359 g/mol. The topological polar surface area (TPSA) is 76.7 Å². The number of aliphatic imine (C=N–C) groups is 1. The van der Waals surface area contributed by atoms with Gasteiger partial charge in [0.2, 0.25) is 0 Å². The highest BCUT2D eigenvalue weighted by atomic mass is 19.4. The highest BCUT2D eigenvalue weighted by molar-refractivity contribution is 6.04. The third kappa shape index (κ3) is 4.99. The Bertz CT molecular complexity index is 831. The Balaban J connectivity index is 1.55. The zero-order valence-corrected chi connectivity index (χ0v) is 14.3. The number of anilines is 1. The SMILES string of the molecule is NC1=N[C@@H](CCc2ccc(NC(=O)c3ccc(C(F)(F)F)cc3)cc2)CO1. The molecule has 2 aromatic carbocycles. The minimum atomic E-state index is -4.42. The van der Waals surface area contributed by atoms with Crippen LogP contribution in [0.5, 0.6) is 0 Å². The van der Waals surface area contributed by atoms with Crippen LogP contribution in [-0.4, -0.2) is 24.6 Å². The molecule has 1 heterocycles. The van der Waals surface area contributed by atoms with Gasteiger partial charge >= 0.3 is 6.18 Å². The zero-order chi connectivity index (χ0) is 19.4. The van der Waals surface area contributed by atoms with Crippen LogP contribution in [0.1, 0.15) is 27.9 Å². The maximum absolute atomic E-state index is 12.6. The third-order valence-corrected chi connectivity index (χ3v) is 4.19. The minimum Gasteiger partial charge on any atom is -0.463 e. The number of amidine groups is 1. The van der Waals surface area contributed by atoms with Crippen molar-refractivity contribution in [3.05, 3.63) is 65.2 Å². The quantitative estimate of drug-likeness (QED) is 0.836. The molecule has 0 fully saturated rings. The number of carbonyl (C=O) groups is 1. The normalized spacial score (nSPS) is 16.6. The summed E-state index contributed by atoms with van der Waals surface area (Å²) in [5, 5.41) is 2.67. The molecule has 5 nitrogen and oxygen atoms in total. The van der Waals surface area contributed by atoms with Crippen molar-refractivity contribution in [1.29, 1.82) is 0 Å². The van der Waals surface area contributed by atoms with E-state index in [0.29, 0.717) is 12.3 Å². The summed E-state index contributed by atoms with van der Waals surface area (Å²) in [6.07, 6.45) is -2.83. The van der Waals surface area contributed by atoms with Gasteiger partial charge in [-0.05, 0) is 54.8 Å². The largest absolute Gasteiger partial charge is 0.463 e. The molecule has 3 rings (SSSR count). The number of halogens is 3. The number of rotatable bonds is 5. The Morgan fingerprint density at radius 2 is 1.81 bits per heavy atom. The number of aryl methyl sites for hydroxylation is 1. The second-order valence-electron chi connectivity index (χ2n) is 6.20. The molecule has 0 saturated carbocycles. The first-order valence-electron chi connectivity index (χ1n) is 8.35. The lowest BCUT2D eigenvalue weighted by atomic mass is 10.1. The average Bonchev–Trinajstić information content (AvgIpc) is 3.06. The predicted octanol–water partition coefficient (Wildman–Crippen LogP) is 3.60.